The van der Waals surface area contributed by atoms with Gasteiger partial charge in [0.2, 0.25) is 0 Å². The van der Waals surface area contributed by atoms with Gasteiger partial charge in [-0.15, -0.1) is 0 Å². The highest BCUT2D eigenvalue weighted by Gasteiger charge is 2.12. The standard InChI is InChI=1S/C16H11BrN2/c17-16-6-4-12(5-7-16)8-15(11-19)14-3-1-2-13(9-14)10-18/h1-7,9,15H,8H2. The predicted molar refractivity (Wildman–Crippen MR) is 77.4 cm³/mol. The third-order valence-electron chi connectivity index (χ3n) is 2.93. The van der Waals surface area contributed by atoms with Gasteiger partial charge < -0.3 is 0 Å². The van der Waals surface area contributed by atoms with E-state index < -0.39 is 0 Å². The minimum absolute atomic E-state index is 0.227. The van der Waals surface area contributed by atoms with Crippen molar-refractivity contribution in [1.82, 2.24) is 0 Å². The Morgan fingerprint density at radius 2 is 1.79 bits per heavy atom. The molecule has 0 saturated carbocycles. The summed E-state index contributed by atoms with van der Waals surface area (Å²) in [6.45, 7) is 0. The second-order valence-corrected chi connectivity index (χ2v) is 5.17. The minimum Gasteiger partial charge on any atom is -0.198 e. The zero-order chi connectivity index (χ0) is 13.7. The Labute approximate surface area is 121 Å². The molecule has 0 amide bonds. The highest BCUT2D eigenvalue weighted by Crippen LogP contribution is 2.22. The van der Waals surface area contributed by atoms with Gasteiger partial charge in [0, 0.05) is 4.47 Å². The molecular weight excluding hydrogens is 300 g/mol. The molecule has 2 aromatic rings. The van der Waals surface area contributed by atoms with E-state index in [4.69, 9.17) is 5.26 Å². The Hall–Kier alpha value is -2.10. The summed E-state index contributed by atoms with van der Waals surface area (Å²) in [7, 11) is 0. The third-order valence-corrected chi connectivity index (χ3v) is 3.46. The van der Waals surface area contributed by atoms with E-state index in [9.17, 15) is 5.26 Å². The molecule has 0 bridgehead atoms. The van der Waals surface area contributed by atoms with Crippen LogP contribution in [0.5, 0.6) is 0 Å². The van der Waals surface area contributed by atoms with Crippen LogP contribution in [0.1, 0.15) is 22.6 Å². The lowest BCUT2D eigenvalue weighted by molar-refractivity contribution is 0.848. The molecule has 0 aliphatic carbocycles. The highest BCUT2D eigenvalue weighted by atomic mass is 79.9. The van der Waals surface area contributed by atoms with Crippen LogP contribution in [0, 0.1) is 22.7 Å². The van der Waals surface area contributed by atoms with Gasteiger partial charge in [-0.1, -0.05) is 40.2 Å². The number of hydrogen-bond acceptors (Lipinski definition) is 2. The van der Waals surface area contributed by atoms with Gasteiger partial charge in [0.05, 0.1) is 23.6 Å². The van der Waals surface area contributed by atoms with E-state index in [1.54, 1.807) is 12.1 Å². The van der Waals surface area contributed by atoms with Crippen LogP contribution in [-0.2, 0) is 6.42 Å². The van der Waals surface area contributed by atoms with Crippen molar-refractivity contribution in [3.63, 3.8) is 0 Å². The molecule has 0 heterocycles. The normalized spacial score (nSPS) is 11.3. The zero-order valence-corrected chi connectivity index (χ0v) is 11.8. The molecule has 2 rings (SSSR count). The van der Waals surface area contributed by atoms with E-state index in [-0.39, 0.29) is 5.92 Å². The van der Waals surface area contributed by atoms with Crippen LogP contribution in [0.2, 0.25) is 0 Å². The Balaban J connectivity index is 2.23. The summed E-state index contributed by atoms with van der Waals surface area (Å²) in [6, 6.07) is 19.6. The predicted octanol–water partition coefficient (Wildman–Crippen LogP) is 4.17. The number of nitrogens with zero attached hydrogens (tertiary/aromatic N) is 2. The summed E-state index contributed by atoms with van der Waals surface area (Å²) < 4.78 is 1.02. The topological polar surface area (TPSA) is 47.6 Å². The van der Waals surface area contributed by atoms with Gasteiger partial charge in [-0.05, 0) is 41.8 Å². The van der Waals surface area contributed by atoms with E-state index in [2.05, 4.69) is 28.1 Å². The van der Waals surface area contributed by atoms with Gasteiger partial charge in [-0.2, -0.15) is 10.5 Å². The van der Waals surface area contributed by atoms with Gasteiger partial charge >= 0.3 is 0 Å². The number of hydrogen-bond donors (Lipinski definition) is 0. The fourth-order valence-corrected chi connectivity index (χ4v) is 2.18. The quantitative estimate of drug-likeness (QED) is 0.854. The van der Waals surface area contributed by atoms with E-state index >= 15 is 0 Å². The average Bonchev–Trinajstić information content (AvgIpc) is 2.46. The second-order valence-electron chi connectivity index (χ2n) is 4.25. The van der Waals surface area contributed by atoms with Crippen LogP contribution >= 0.6 is 15.9 Å². The fraction of sp³-hybridized carbons (Fsp3) is 0.125. The molecule has 2 aromatic carbocycles. The van der Waals surface area contributed by atoms with Crippen molar-refractivity contribution in [2.75, 3.05) is 0 Å². The monoisotopic (exact) mass is 310 g/mol. The van der Waals surface area contributed by atoms with Gasteiger partial charge in [0.1, 0.15) is 0 Å². The Kier molecular flexibility index (Phi) is 4.34. The van der Waals surface area contributed by atoms with Crippen LogP contribution in [0.15, 0.2) is 53.0 Å². The van der Waals surface area contributed by atoms with Crippen molar-refractivity contribution in [3.8, 4) is 12.1 Å². The average molecular weight is 311 g/mol. The lowest BCUT2D eigenvalue weighted by Crippen LogP contribution is -2.00. The van der Waals surface area contributed by atoms with E-state index in [1.807, 2.05) is 36.4 Å². The SMILES string of the molecule is N#Cc1cccc(C(C#N)Cc2ccc(Br)cc2)c1. The smallest absolute Gasteiger partial charge is 0.0991 e. The molecular formula is C16H11BrN2. The van der Waals surface area contributed by atoms with Gasteiger partial charge in [-0.25, -0.2) is 0 Å². The first-order chi connectivity index (χ1) is 9.22. The van der Waals surface area contributed by atoms with Crippen LogP contribution in [0.4, 0.5) is 0 Å². The minimum atomic E-state index is -0.227. The van der Waals surface area contributed by atoms with Crippen molar-refractivity contribution in [3.05, 3.63) is 69.7 Å². The lowest BCUT2D eigenvalue weighted by Gasteiger charge is -2.10. The Bertz CT molecular complexity index is 648. The van der Waals surface area contributed by atoms with Gasteiger partial charge in [-0.3, -0.25) is 0 Å². The first-order valence-electron chi connectivity index (χ1n) is 5.87. The molecule has 1 atom stereocenters. The van der Waals surface area contributed by atoms with Crippen LogP contribution in [0.25, 0.3) is 0 Å². The molecule has 3 heteroatoms. The number of nitriles is 2. The van der Waals surface area contributed by atoms with Crippen LogP contribution < -0.4 is 0 Å². The van der Waals surface area contributed by atoms with Crippen molar-refractivity contribution >= 4 is 15.9 Å². The van der Waals surface area contributed by atoms with E-state index in [0.29, 0.717) is 12.0 Å². The molecule has 0 radical (unpaired) electrons. The van der Waals surface area contributed by atoms with E-state index in [0.717, 1.165) is 15.6 Å². The lowest BCUT2D eigenvalue weighted by atomic mass is 9.92. The van der Waals surface area contributed by atoms with E-state index in [1.165, 1.54) is 0 Å². The van der Waals surface area contributed by atoms with Crippen molar-refractivity contribution in [1.29, 1.82) is 10.5 Å². The molecule has 0 aliphatic heterocycles. The Morgan fingerprint density at radius 3 is 2.42 bits per heavy atom. The van der Waals surface area contributed by atoms with Crippen molar-refractivity contribution in [2.45, 2.75) is 12.3 Å². The Morgan fingerprint density at radius 1 is 1.05 bits per heavy atom. The first kappa shape index (κ1) is 13.3. The molecule has 0 saturated heterocycles. The largest absolute Gasteiger partial charge is 0.198 e. The summed E-state index contributed by atoms with van der Waals surface area (Å²) in [5, 5.41) is 18.2. The third kappa shape index (κ3) is 3.44. The molecule has 0 fully saturated rings. The molecule has 92 valence electrons. The van der Waals surface area contributed by atoms with Crippen LogP contribution in [0.3, 0.4) is 0 Å². The van der Waals surface area contributed by atoms with Gasteiger partial charge in [0.25, 0.3) is 0 Å². The molecule has 0 aliphatic rings. The van der Waals surface area contributed by atoms with Crippen molar-refractivity contribution < 1.29 is 0 Å². The second kappa shape index (κ2) is 6.18. The molecule has 2 nitrogen and oxygen atoms in total. The maximum absolute atomic E-state index is 9.32. The maximum atomic E-state index is 9.32. The molecule has 19 heavy (non-hydrogen) atoms. The summed E-state index contributed by atoms with van der Waals surface area (Å²) in [5.74, 6) is -0.227. The van der Waals surface area contributed by atoms with Crippen molar-refractivity contribution in [2.24, 2.45) is 0 Å². The zero-order valence-electron chi connectivity index (χ0n) is 10.2. The summed E-state index contributed by atoms with van der Waals surface area (Å²) in [4.78, 5) is 0. The number of halogens is 1. The summed E-state index contributed by atoms with van der Waals surface area (Å²) >= 11 is 3.39. The fourth-order valence-electron chi connectivity index (χ4n) is 1.92. The summed E-state index contributed by atoms with van der Waals surface area (Å²) in [6.07, 6.45) is 0.651. The molecule has 0 spiro atoms. The number of rotatable bonds is 3. The number of benzene rings is 2. The highest BCUT2D eigenvalue weighted by molar-refractivity contribution is 9.10. The molecule has 0 N–H and O–H groups in total. The maximum Gasteiger partial charge on any atom is 0.0991 e. The van der Waals surface area contributed by atoms with Crippen LogP contribution in [-0.4, -0.2) is 0 Å². The molecule has 1 unspecified atom stereocenters. The first-order valence-corrected chi connectivity index (χ1v) is 6.66. The molecule has 0 aromatic heterocycles. The summed E-state index contributed by atoms with van der Waals surface area (Å²) in [5.41, 5.74) is 2.59. The van der Waals surface area contributed by atoms with Gasteiger partial charge in [0.15, 0.2) is 0 Å².